The maximum Gasteiger partial charge on any atom is 0.410 e. The minimum atomic E-state index is -0.675. The summed E-state index contributed by atoms with van der Waals surface area (Å²) in [6.45, 7) is 8.45. The third kappa shape index (κ3) is 5.45. The molecule has 0 bridgehead atoms. The fourth-order valence-corrected chi connectivity index (χ4v) is 7.31. The zero-order valence-corrected chi connectivity index (χ0v) is 26.5. The lowest BCUT2D eigenvalue weighted by atomic mass is 9.69. The summed E-state index contributed by atoms with van der Waals surface area (Å²) < 4.78 is 12.0. The Bertz CT molecular complexity index is 1480. The van der Waals surface area contributed by atoms with Gasteiger partial charge >= 0.3 is 12.1 Å². The number of nitriles is 1. The molecule has 0 N–H and O–H groups in total. The SMILES string of the molecule is CN1C(=O)C2(CCc3c(nc(OC[C@@H]4CCCN4C)nc3N3CCN(C(=O)OC(C)(C)C)[C@@H](CC#N)C3)C2)c2ccccc21. The highest BCUT2D eigenvalue weighted by atomic mass is 16.6. The van der Waals surface area contributed by atoms with E-state index in [9.17, 15) is 14.9 Å². The van der Waals surface area contributed by atoms with Crippen molar-refractivity contribution < 1.29 is 19.1 Å². The molecule has 0 saturated carbocycles. The standard InChI is InChI=1S/C33H43N7O4/c1-32(2,3)44-31(42)40-18-17-39(20-22(40)13-15-34)28-24-12-14-33(25-10-6-7-11-27(25)38(5)29(33)41)19-26(24)35-30(36-28)43-21-23-9-8-16-37(23)4/h6-7,10-11,22-23H,8-9,12-14,16-21H2,1-5H3/t22-,23-,33?/m0/s1. The van der Waals surface area contributed by atoms with Crippen molar-refractivity contribution in [2.45, 2.75) is 82.4 Å². The largest absolute Gasteiger partial charge is 0.462 e. The highest BCUT2D eigenvalue weighted by Gasteiger charge is 2.52. The van der Waals surface area contributed by atoms with Gasteiger partial charge in [0.15, 0.2) is 0 Å². The van der Waals surface area contributed by atoms with Crippen molar-refractivity contribution >= 4 is 23.5 Å². The molecule has 11 heteroatoms. The highest BCUT2D eigenvalue weighted by molar-refractivity contribution is 6.08. The van der Waals surface area contributed by atoms with Crippen molar-refractivity contribution in [3.8, 4) is 12.1 Å². The average Bonchev–Trinajstić information content (AvgIpc) is 3.49. The number of carbonyl (C=O) groups is 2. The maximum absolute atomic E-state index is 13.8. The van der Waals surface area contributed by atoms with E-state index in [0.29, 0.717) is 57.6 Å². The number of hydrogen-bond acceptors (Lipinski definition) is 9. The molecule has 1 spiro atoms. The zero-order valence-electron chi connectivity index (χ0n) is 26.5. The van der Waals surface area contributed by atoms with Crippen molar-refractivity contribution in [3.05, 3.63) is 41.1 Å². The minimum absolute atomic E-state index is 0.0969. The maximum atomic E-state index is 13.8. The van der Waals surface area contributed by atoms with E-state index < -0.39 is 17.1 Å². The molecular weight excluding hydrogens is 558 g/mol. The Labute approximate surface area is 259 Å². The van der Waals surface area contributed by atoms with Gasteiger partial charge in [0, 0.05) is 50.4 Å². The number of likely N-dealkylation sites (N-methyl/N-ethyl adjacent to an activating group) is 2. The second-order valence-corrected chi connectivity index (χ2v) is 13.6. The molecule has 6 rings (SSSR count). The predicted octanol–water partition coefficient (Wildman–Crippen LogP) is 3.69. The molecule has 2 aromatic rings. The van der Waals surface area contributed by atoms with E-state index in [1.807, 2.05) is 46.0 Å². The molecule has 1 aliphatic carbocycles. The summed E-state index contributed by atoms with van der Waals surface area (Å²) >= 11 is 0. The molecule has 1 unspecified atom stereocenters. The molecular formula is C33H43N7O4. The number of anilines is 2. The molecule has 3 aliphatic heterocycles. The first kappa shape index (κ1) is 30.1. The number of hydrogen-bond donors (Lipinski definition) is 0. The van der Waals surface area contributed by atoms with Crippen molar-refractivity contribution in [2.24, 2.45) is 0 Å². The Hall–Kier alpha value is -3.91. The molecule has 3 atom stereocenters. The molecule has 1 aromatic heterocycles. The first-order valence-electron chi connectivity index (χ1n) is 15.7. The van der Waals surface area contributed by atoms with Crippen LogP contribution in [0.1, 0.15) is 63.3 Å². The number of piperazine rings is 1. The van der Waals surface area contributed by atoms with Crippen molar-refractivity contribution in [3.63, 3.8) is 0 Å². The van der Waals surface area contributed by atoms with Crippen LogP contribution < -0.4 is 14.5 Å². The van der Waals surface area contributed by atoms with Crippen LogP contribution in [0.25, 0.3) is 0 Å². The molecule has 4 heterocycles. The summed E-state index contributed by atoms with van der Waals surface area (Å²) in [5.41, 5.74) is 2.55. The van der Waals surface area contributed by atoms with Gasteiger partial charge in [-0.05, 0) is 71.7 Å². The Balaban J connectivity index is 1.34. The Morgan fingerprint density at radius 1 is 1.14 bits per heavy atom. The fraction of sp³-hybridized carbons (Fsp3) is 0.606. The van der Waals surface area contributed by atoms with Crippen LogP contribution in [0.4, 0.5) is 16.3 Å². The van der Waals surface area contributed by atoms with Crippen LogP contribution in [0.15, 0.2) is 24.3 Å². The van der Waals surface area contributed by atoms with Gasteiger partial charge in [-0.1, -0.05) is 18.2 Å². The van der Waals surface area contributed by atoms with E-state index in [2.05, 4.69) is 29.0 Å². The number of nitrogens with zero attached hydrogens (tertiary/aromatic N) is 7. The van der Waals surface area contributed by atoms with E-state index in [4.69, 9.17) is 19.4 Å². The Kier molecular flexibility index (Phi) is 7.91. The van der Waals surface area contributed by atoms with Gasteiger partial charge in [0.25, 0.3) is 0 Å². The summed E-state index contributed by atoms with van der Waals surface area (Å²) in [5, 5.41) is 9.65. The molecule has 2 fully saturated rings. The third-order valence-electron chi connectivity index (χ3n) is 9.63. The summed E-state index contributed by atoms with van der Waals surface area (Å²) in [7, 11) is 3.96. The second kappa shape index (κ2) is 11.5. The van der Waals surface area contributed by atoms with Crippen molar-refractivity contribution in [2.75, 3.05) is 56.7 Å². The van der Waals surface area contributed by atoms with E-state index in [1.165, 1.54) is 0 Å². The number of aromatic nitrogens is 2. The van der Waals surface area contributed by atoms with Gasteiger partial charge in [0.2, 0.25) is 5.91 Å². The summed E-state index contributed by atoms with van der Waals surface area (Å²) in [6.07, 6.45) is 3.75. The van der Waals surface area contributed by atoms with Crippen molar-refractivity contribution in [1.29, 1.82) is 5.26 Å². The Morgan fingerprint density at radius 3 is 2.66 bits per heavy atom. The lowest BCUT2D eigenvalue weighted by Crippen LogP contribution is -2.56. The van der Waals surface area contributed by atoms with Crippen LogP contribution >= 0.6 is 0 Å². The Morgan fingerprint density at radius 2 is 1.93 bits per heavy atom. The molecule has 1 aromatic carbocycles. The van der Waals surface area contributed by atoms with Gasteiger partial charge in [-0.25, -0.2) is 4.79 Å². The molecule has 44 heavy (non-hydrogen) atoms. The monoisotopic (exact) mass is 601 g/mol. The lowest BCUT2D eigenvalue weighted by molar-refractivity contribution is -0.123. The van der Waals surface area contributed by atoms with Gasteiger partial charge in [-0.3, -0.25) is 4.79 Å². The van der Waals surface area contributed by atoms with E-state index in [-0.39, 0.29) is 18.4 Å². The quantitative estimate of drug-likeness (QED) is 0.506. The number of fused-ring (bicyclic) bond motifs is 3. The zero-order chi connectivity index (χ0) is 31.2. The first-order chi connectivity index (χ1) is 21.0. The molecule has 2 amide bonds. The van der Waals surface area contributed by atoms with Crippen LogP contribution in [0.3, 0.4) is 0 Å². The number of rotatable bonds is 5. The van der Waals surface area contributed by atoms with Crippen LogP contribution in [0, 0.1) is 11.3 Å². The van der Waals surface area contributed by atoms with Gasteiger partial charge in [0.05, 0.1) is 29.6 Å². The third-order valence-corrected chi connectivity index (χ3v) is 9.63. The summed E-state index contributed by atoms with van der Waals surface area (Å²) in [5.74, 6) is 0.873. The molecule has 234 valence electrons. The van der Waals surface area contributed by atoms with Gasteiger partial charge in [-0.15, -0.1) is 0 Å². The summed E-state index contributed by atoms with van der Waals surface area (Å²) in [6, 6.07) is 10.6. The lowest BCUT2D eigenvalue weighted by Gasteiger charge is -2.42. The van der Waals surface area contributed by atoms with Crippen LogP contribution in [-0.2, 0) is 27.8 Å². The smallest absolute Gasteiger partial charge is 0.410 e. The fourth-order valence-electron chi connectivity index (χ4n) is 7.31. The van der Waals surface area contributed by atoms with E-state index >= 15 is 0 Å². The van der Waals surface area contributed by atoms with E-state index in [0.717, 1.165) is 47.7 Å². The molecule has 4 aliphatic rings. The number of ether oxygens (including phenoxy) is 2. The summed E-state index contributed by atoms with van der Waals surface area (Å²) in [4.78, 5) is 44.7. The van der Waals surface area contributed by atoms with E-state index in [1.54, 1.807) is 9.80 Å². The molecule has 0 radical (unpaired) electrons. The van der Waals surface area contributed by atoms with Crippen LogP contribution in [0.2, 0.25) is 0 Å². The van der Waals surface area contributed by atoms with Gasteiger partial charge < -0.3 is 29.1 Å². The number of para-hydroxylation sites is 1. The minimum Gasteiger partial charge on any atom is -0.462 e. The average molecular weight is 602 g/mol. The predicted molar refractivity (Wildman–Crippen MR) is 166 cm³/mol. The van der Waals surface area contributed by atoms with Crippen molar-refractivity contribution in [1.82, 2.24) is 19.8 Å². The van der Waals surface area contributed by atoms with Gasteiger partial charge in [0.1, 0.15) is 18.0 Å². The molecule has 2 saturated heterocycles. The second-order valence-electron chi connectivity index (χ2n) is 13.6. The van der Waals surface area contributed by atoms with Gasteiger partial charge in [-0.2, -0.15) is 15.2 Å². The topological polar surface area (TPSA) is 115 Å². The molecule has 11 nitrogen and oxygen atoms in total. The number of benzene rings is 1. The number of likely N-dealkylation sites (tertiary alicyclic amines) is 1. The first-order valence-corrected chi connectivity index (χ1v) is 15.7. The normalized spacial score (nSPS) is 25.2. The number of carbonyl (C=O) groups excluding carboxylic acids is 2. The van der Waals surface area contributed by atoms with Crippen LogP contribution in [0.5, 0.6) is 6.01 Å². The highest BCUT2D eigenvalue weighted by Crippen LogP contribution is 2.49. The van der Waals surface area contributed by atoms with Crippen LogP contribution in [-0.4, -0.2) is 96.3 Å². The number of amides is 2.